The van der Waals surface area contributed by atoms with E-state index in [0.29, 0.717) is 11.4 Å². The van der Waals surface area contributed by atoms with Crippen LogP contribution in [0.1, 0.15) is 29.0 Å². The fraction of sp³-hybridized carbons (Fsp3) is 0.714. The Morgan fingerprint density at radius 3 is 2.45 bits per heavy atom. The number of anilines is 1. The van der Waals surface area contributed by atoms with Gasteiger partial charge in [-0.05, 0) is 25.7 Å². The van der Waals surface area contributed by atoms with E-state index in [0.717, 1.165) is 37.8 Å². The van der Waals surface area contributed by atoms with Crippen LogP contribution in [0.4, 0.5) is 5.69 Å². The molecule has 2 fully saturated rings. The highest BCUT2D eigenvalue weighted by Crippen LogP contribution is 2.30. The number of carbonyl (C=O) groups excluding carboxylic acids is 1. The highest BCUT2D eigenvalue weighted by molar-refractivity contribution is 5.98. The summed E-state index contributed by atoms with van der Waals surface area (Å²) in [7, 11) is 1.78. The molecule has 1 aromatic heterocycles. The van der Waals surface area contributed by atoms with Gasteiger partial charge in [-0.2, -0.15) is 5.10 Å². The van der Waals surface area contributed by atoms with Crippen molar-refractivity contribution in [1.82, 2.24) is 19.6 Å². The van der Waals surface area contributed by atoms with Crippen LogP contribution in [0.25, 0.3) is 0 Å². The number of aromatic nitrogens is 2. The van der Waals surface area contributed by atoms with Gasteiger partial charge in [-0.25, -0.2) is 0 Å². The molecule has 110 valence electrons. The minimum Gasteiger partial charge on any atom is -0.395 e. The summed E-state index contributed by atoms with van der Waals surface area (Å²) < 4.78 is 1.60. The highest BCUT2D eigenvalue weighted by atomic mass is 16.2. The van der Waals surface area contributed by atoms with Crippen molar-refractivity contribution in [3.05, 3.63) is 11.4 Å². The van der Waals surface area contributed by atoms with Gasteiger partial charge in [-0.1, -0.05) is 0 Å². The molecule has 1 aliphatic heterocycles. The van der Waals surface area contributed by atoms with Gasteiger partial charge in [0.15, 0.2) is 0 Å². The predicted molar refractivity (Wildman–Crippen MR) is 77.4 cm³/mol. The number of carbonyl (C=O) groups is 1. The van der Waals surface area contributed by atoms with E-state index in [1.54, 1.807) is 11.7 Å². The lowest BCUT2D eigenvalue weighted by Gasteiger charge is -2.34. The molecule has 2 heterocycles. The third kappa shape index (κ3) is 2.52. The van der Waals surface area contributed by atoms with Crippen molar-refractivity contribution in [2.75, 3.05) is 38.5 Å². The summed E-state index contributed by atoms with van der Waals surface area (Å²) in [5.74, 6) is 0.921. The van der Waals surface area contributed by atoms with Gasteiger partial charge in [0.25, 0.3) is 5.91 Å². The fourth-order valence-corrected chi connectivity index (χ4v) is 2.88. The second-order valence-corrected chi connectivity index (χ2v) is 6.01. The van der Waals surface area contributed by atoms with Crippen molar-refractivity contribution in [2.45, 2.75) is 19.8 Å². The van der Waals surface area contributed by atoms with Crippen LogP contribution in [0, 0.1) is 12.8 Å². The van der Waals surface area contributed by atoms with Gasteiger partial charge in [-0.3, -0.25) is 14.4 Å². The number of nitrogens with two attached hydrogens (primary N) is 1. The second-order valence-electron chi connectivity index (χ2n) is 6.01. The first kappa shape index (κ1) is 13.4. The molecule has 1 saturated heterocycles. The first-order chi connectivity index (χ1) is 9.56. The Morgan fingerprint density at radius 1 is 1.30 bits per heavy atom. The molecular weight excluding hydrogens is 254 g/mol. The lowest BCUT2D eigenvalue weighted by molar-refractivity contribution is 0.0622. The quantitative estimate of drug-likeness (QED) is 0.872. The Morgan fingerprint density at radius 2 is 1.95 bits per heavy atom. The third-order valence-electron chi connectivity index (χ3n) is 4.34. The summed E-state index contributed by atoms with van der Waals surface area (Å²) in [5.41, 5.74) is 7.73. The number of aryl methyl sites for hydroxylation is 2. The standard InChI is InChI=1S/C14H23N5O/c1-10-12(15)13(17(2)16-10)14(20)19-7-5-18(6-8-19)9-11-3-4-11/h11H,3-9,15H2,1-2H3. The van der Waals surface area contributed by atoms with Crippen molar-refractivity contribution >= 4 is 11.6 Å². The molecule has 20 heavy (non-hydrogen) atoms. The van der Waals surface area contributed by atoms with Gasteiger partial charge in [0, 0.05) is 39.8 Å². The predicted octanol–water partition coefficient (Wildman–Crippen LogP) is 0.479. The molecule has 6 heteroatoms. The highest BCUT2D eigenvalue weighted by Gasteiger charge is 2.29. The van der Waals surface area contributed by atoms with Gasteiger partial charge >= 0.3 is 0 Å². The minimum absolute atomic E-state index is 0.0108. The van der Waals surface area contributed by atoms with Crippen LogP contribution in [0.2, 0.25) is 0 Å². The number of rotatable bonds is 3. The Labute approximate surface area is 119 Å². The molecule has 2 aliphatic rings. The smallest absolute Gasteiger partial charge is 0.274 e. The first-order valence-electron chi connectivity index (χ1n) is 7.37. The molecule has 1 aliphatic carbocycles. The molecular formula is C14H23N5O. The van der Waals surface area contributed by atoms with E-state index in [2.05, 4.69) is 10.00 Å². The zero-order chi connectivity index (χ0) is 14.3. The molecule has 1 aromatic rings. The third-order valence-corrected chi connectivity index (χ3v) is 4.34. The van der Waals surface area contributed by atoms with E-state index in [-0.39, 0.29) is 5.91 Å². The SMILES string of the molecule is Cc1nn(C)c(C(=O)N2CCN(CC3CC3)CC2)c1N. The Hall–Kier alpha value is -1.56. The lowest BCUT2D eigenvalue weighted by atomic mass is 10.2. The lowest BCUT2D eigenvalue weighted by Crippen LogP contribution is -2.49. The molecule has 3 rings (SSSR count). The van der Waals surface area contributed by atoms with E-state index >= 15 is 0 Å². The zero-order valence-electron chi connectivity index (χ0n) is 12.3. The summed E-state index contributed by atoms with van der Waals surface area (Å²) in [6.45, 7) is 6.55. The monoisotopic (exact) mass is 277 g/mol. The molecule has 0 aromatic carbocycles. The first-order valence-corrected chi connectivity index (χ1v) is 7.37. The van der Waals surface area contributed by atoms with Crippen LogP contribution in [-0.2, 0) is 7.05 Å². The molecule has 1 amide bonds. The Balaban J connectivity index is 1.63. The van der Waals surface area contributed by atoms with E-state index in [4.69, 9.17) is 5.73 Å². The molecule has 1 saturated carbocycles. The van der Waals surface area contributed by atoms with Crippen molar-refractivity contribution in [1.29, 1.82) is 0 Å². The second kappa shape index (κ2) is 5.09. The van der Waals surface area contributed by atoms with E-state index in [9.17, 15) is 4.79 Å². The average molecular weight is 277 g/mol. The van der Waals surface area contributed by atoms with Crippen LogP contribution in [0.3, 0.4) is 0 Å². The number of nitrogens with zero attached hydrogens (tertiary/aromatic N) is 4. The van der Waals surface area contributed by atoms with Crippen LogP contribution in [0.15, 0.2) is 0 Å². The summed E-state index contributed by atoms with van der Waals surface area (Å²) in [5, 5.41) is 4.22. The Kier molecular flexibility index (Phi) is 3.41. The van der Waals surface area contributed by atoms with Crippen LogP contribution in [-0.4, -0.2) is 58.2 Å². The molecule has 0 spiro atoms. The molecule has 0 atom stereocenters. The van der Waals surface area contributed by atoms with Crippen molar-refractivity contribution in [3.8, 4) is 0 Å². The average Bonchev–Trinajstić information content (AvgIpc) is 3.19. The molecule has 6 nitrogen and oxygen atoms in total. The fourth-order valence-electron chi connectivity index (χ4n) is 2.88. The van der Waals surface area contributed by atoms with Crippen LogP contribution in [0.5, 0.6) is 0 Å². The molecule has 0 unspecified atom stereocenters. The summed E-state index contributed by atoms with van der Waals surface area (Å²) in [4.78, 5) is 16.9. The number of piperazine rings is 1. The van der Waals surface area contributed by atoms with Gasteiger partial charge in [0.05, 0.1) is 11.4 Å². The van der Waals surface area contributed by atoms with Gasteiger partial charge in [-0.15, -0.1) is 0 Å². The maximum atomic E-state index is 12.6. The van der Waals surface area contributed by atoms with E-state index in [1.165, 1.54) is 19.4 Å². The zero-order valence-corrected chi connectivity index (χ0v) is 12.3. The van der Waals surface area contributed by atoms with Gasteiger partial charge in [0.2, 0.25) is 0 Å². The van der Waals surface area contributed by atoms with Crippen molar-refractivity contribution < 1.29 is 4.79 Å². The number of nitrogen functional groups attached to an aromatic ring is 1. The number of hydrogen-bond acceptors (Lipinski definition) is 4. The summed E-state index contributed by atoms with van der Waals surface area (Å²) in [6, 6.07) is 0. The molecule has 0 bridgehead atoms. The Bertz CT molecular complexity index is 512. The maximum absolute atomic E-state index is 12.6. The van der Waals surface area contributed by atoms with Crippen molar-refractivity contribution in [3.63, 3.8) is 0 Å². The maximum Gasteiger partial charge on any atom is 0.274 e. The molecule has 2 N–H and O–H groups in total. The number of hydrogen-bond donors (Lipinski definition) is 1. The van der Waals surface area contributed by atoms with Gasteiger partial charge in [0.1, 0.15) is 5.69 Å². The largest absolute Gasteiger partial charge is 0.395 e. The van der Waals surface area contributed by atoms with Gasteiger partial charge < -0.3 is 10.6 Å². The van der Waals surface area contributed by atoms with Crippen LogP contribution < -0.4 is 5.73 Å². The summed E-state index contributed by atoms with van der Waals surface area (Å²) in [6.07, 6.45) is 2.76. The molecule has 0 radical (unpaired) electrons. The van der Waals surface area contributed by atoms with Crippen molar-refractivity contribution in [2.24, 2.45) is 13.0 Å². The normalized spacial score (nSPS) is 20.4. The van der Waals surface area contributed by atoms with Crippen LogP contribution >= 0.6 is 0 Å². The summed E-state index contributed by atoms with van der Waals surface area (Å²) >= 11 is 0. The van der Waals surface area contributed by atoms with E-state index in [1.807, 2.05) is 11.8 Å². The minimum atomic E-state index is 0.0108. The van der Waals surface area contributed by atoms with E-state index < -0.39 is 0 Å². The number of amides is 1. The topological polar surface area (TPSA) is 67.4 Å².